The van der Waals surface area contributed by atoms with Gasteiger partial charge in [-0.25, -0.2) is 17.9 Å². The Labute approximate surface area is 147 Å². The van der Waals surface area contributed by atoms with Crippen LogP contribution in [0.15, 0.2) is 29.2 Å². The smallest absolute Gasteiger partial charge is 0.326 e. The van der Waals surface area contributed by atoms with Crippen LogP contribution in [0.4, 0.5) is 0 Å². The second-order valence-electron chi connectivity index (χ2n) is 6.67. The van der Waals surface area contributed by atoms with Gasteiger partial charge in [-0.15, -0.1) is 0 Å². The van der Waals surface area contributed by atoms with Crippen molar-refractivity contribution in [1.82, 2.24) is 10.0 Å². The summed E-state index contributed by atoms with van der Waals surface area (Å²) in [6, 6.07) is 5.53. The van der Waals surface area contributed by atoms with Crippen LogP contribution in [-0.4, -0.2) is 37.5 Å². The normalized spacial score (nSPS) is 15.8. The number of nitrogens with one attached hydrogen (secondary N) is 2. The lowest BCUT2D eigenvalue weighted by molar-refractivity contribution is -0.143. The molecule has 3 N–H and O–H groups in total. The van der Waals surface area contributed by atoms with Gasteiger partial charge in [0.05, 0.1) is 4.90 Å². The monoisotopic (exact) mass is 368 g/mol. The molecule has 1 unspecified atom stereocenters. The first-order valence-corrected chi connectivity index (χ1v) is 9.81. The standard InChI is InChI=1S/C17H24N2O5S/c1-11(2)16(17(21)22)18-15(20)10-5-12-3-8-14(9-4-12)25(23,24)19-13-6-7-13/h3-4,8-9,11,13,16,19H,5-7,10H2,1-2H3,(H,18,20)(H,21,22). The van der Waals surface area contributed by atoms with Gasteiger partial charge in [-0.05, 0) is 42.9 Å². The number of hydrogen-bond donors (Lipinski definition) is 3. The number of amides is 1. The lowest BCUT2D eigenvalue weighted by atomic mass is 10.0. The minimum absolute atomic E-state index is 0.0523. The molecule has 7 nitrogen and oxygen atoms in total. The molecule has 8 heteroatoms. The fourth-order valence-corrected chi connectivity index (χ4v) is 3.65. The van der Waals surface area contributed by atoms with Crippen LogP contribution >= 0.6 is 0 Å². The Morgan fingerprint density at radius 2 is 1.80 bits per heavy atom. The van der Waals surface area contributed by atoms with Crippen molar-refractivity contribution in [1.29, 1.82) is 0 Å². The molecular weight excluding hydrogens is 344 g/mol. The van der Waals surface area contributed by atoms with Gasteiger partial charge in [0.25, 0.3) is 0 Å². The van der Waals surface area contributed by atoms with Crippen molar-refractivity contribution in [3.63, 3.8) is 0 Å². The summed E-state index contributed by atoms with van der Waals surface area (Å²) in [5.74, 6) is -1.60. The molecule has 1 aliphatic carbocycles. The molecule has 2 rings (SSSR count). The van der Waals surface area contributed by atoms with Crippen LogP contribution in [0.2, 0.25) is 0 Å². The highest BCUT2D eigenvalue weighted by Crippen LogP contribution is 2.22. The van der Waals surface area contributed by atoms with Crippen molar-refractivity contribution in [3.8, 4) is 0 Å². The Morgan fingerprint density at radius 3 is 2.28 bits per heavy atom. The van der Waals surface area contributed by atoms with Crippen LogP contribution in [0.3, 0.4) is 0 Å². The molecule has 1 aromatic carbocycles. The third kappa shape index (κ3) is 5.82. The number of benzene rings is 1. The van der Waals surface area contributed by atoms with E-state index in [-0.39, 0.29) is 29.2 Å². The zero-order chi connectivity index (χ0) is 18.6. The van der Waals surface area contributed by atoms with Gasteiger partial charge in [0, 0.05) is 12.5 Å². The van der Waals surface area contributed by atoms with Crippen molar-refractivity contribution in [2.45, 2.75) is 56.5 Å². The Bertz CT molecular complexity index is 724. The summed E-state index contributed by atoms with van der Waals surface area (Å²) in [7, 11) is -3.47. The highest BCUT2D eigenvalue weighted by molar-refractivity contribution is 7.89. The molecule has 1 atom stereocenters. The van der Waals surface area contributed by atoms with Crippen LogP contribution in [-0.2, 0) is 26.0 Å². The fourth-order valence-electron chi connectivity index (χ4n) is 2.34. The van der Waals surface area contributed by atoms with E-state index < -0.39 is 22.0 Å². The molecule has 0 saturated heterocycles. The summed E-state index contributed by atoms with van der Waals surface area (Å²) in [6.45, 7) is 3.46. The third-order valence-corrected chi connectivity index (χ3v) is 5.56. The number of sulfonamides is 1. The van der Waals surface area contributed by atoms with E-state index in [1.165, 1.54) is 12.1 Å². The summed E-state index contributed by atoms with van der Waals surface area (Å²) in [5, 5.41) is 11.6. The Morgan fingerprint density at radius 1 is 1.20 bits per heavy atom. The predicted octanol–water partition coefficient (Wildman–Crippen LogP) is 1.29. The van der Waals surface area contributed by atoms with Crippen molar-refractivity contribution >= 4 is 21.9 Å². The Kier molecular flexibility index (Phi) is 6.18. The van der Waals surface area contributed by atoms with Gasteiger partial charge in [0.15, 0.2) is 0 Å². The van der Waals surface area contributed by atoms with E-state index in [4.69, 9.17) is 5.11 Å². The quantitative estimate of drug-likeness (QED) is 0.608. The number of hydrogen-bond acceptors (Lipinski definition) is 4. The minimum atomic E-state index is -3.47. The first kappa shape index (κ1) is 19.4. The average Bonchev–Trinajstić information content (AvgIpc) is 3.33. The molecule has 1 fully saturated rings. The van der Waals surface area contributed by atoms with Crippen LogP contribution in [0.5, 0.6) is 0 Å². The number of carbonyl (C=O) groups is 2. The van der Waals surface area contributed by atoms with Crippen molar-refractivity contribution in [2.75, 3.05) is 0 Å². The lowest BCUT2D eigenvalue weighted by Crippen LogP contribution is -2.44. The van der Waals surface area contributed by atoms with E-state index in [1.54, 1.807) is 26.0 Å². The maximum atomic E-state index is 12.1. The third-order valence-electron chi connectivity index (χ3n) is 4.02. The highest BCUT2D eigenvalue weighted by atomic mass is 32.2. The first-order chi connectivity index (χ1) is 11.7. The number of carboxylic acids is 1. The zero-order valence-electron chi connectivity index (χ0n) is 14.4. The van der Waals surface area contributed by atoms with E-state index in [2.05, 4.69) is 10.0 Å². The SMILES string of the molecule is CC(C)C(NC(=O)CCc1ccc(S(=O)(=O)NC2CC2)cc1)C(=O)O. The van der Waals surface area contributed by atoms with Gasteiger partial charge in [-0.3, -0.25) is 4.79 Å². The van der Waals surface area contributed by atoms with E-state index in [1.807, 2.05) is 0 Å². The number of rotatable bonds is 9. The largest absolute Gasteiger partial charge is 0.480 e. The van der Waals surface area contributed by atoms with Crippen LogP contribution < -0.4 is 10.0 Å². The van der Waals surface area contributed by atoms with E-state index in [9.17, 15) is 18.0 Å². The summed E-state index contributed by atoms with van der Waals surface area (Å²) >= 11 is 0. The number of aryl methyl sites for hydroxylation is 1. The summed E-state index contributed by atoms with van der Waals surface area (Å²) in [4.78, 5) is 23.2. The summed E-state index contributed by atoms with van der Waals surface area (Å²) in [6.07, 6.45) is 2.30. The lowest BCUT2D eigenvalue weighted by Gasteiger charge is -2.17. The van der Waals surface area contributed by atoms with Crippen molar-refractivity contribution < 1.29 is 23.1 Å². The molecule has 0 radical (unpaired) electrons. The van der Waals surface area contributed by atoms with Crippen molar-refractivity contribution in [3.05, 3.63) is 29.8 Å². The second-order valence-corrected chi connectivity index (χ2v) is 8.38. The molecule has 0 heterocycles. The van der Waals surface area contributed by atoms with Crippen LogP contribution in [0, 0.1) is 5.92 Å². The minimum Gasteiger partial charge on any atom is -0.480 e. The summed E-state index contributed by atoms with van der Waals surface area (Å²) in [5.41, 5.74) is 0.817. The molecule has 1 aromatic rings. The van der Waals surface area contributed by atoms with Gasteiger partial charge in [0.1, 0.15) is 6.04 Å². The molecule has 1 aliphatic rings. The highest BCUT2D eigenvalue weighted by Gasteiger charge is 2.28. The molecule has 0 bridgehead atoms. The van der Waals surface area contributed by atoms with Gasteiger partial charge >= 0.3 is 5.97 Å². The van der Waals surface area contributed by atoms with Gasteiger partial charge in [-0.1, -0.05) is 26.0 Å². The van der Waals surface area contributed by atoms with Crippen molar-refractivity contribution in [2.24, 2.45) is 5.92 Å². The molecule has 1 saturated carbocycles. The van der Waals surface area contributed by atoms with Crippen LogP contribution in [0.25, 0.3) is 0 Å². The molecule has 0 spiro atoms. The first-order valence-electron chi connectivity index (χ1n) is 8.32. The van der Waals surface area contributed by atoms with E-state index in [0.29, 0.717) is 6.42 Å². The molecular formula is C17H24N2O5S. The van der Waals surface area contributed by atoms with Crippen LogP contribution in [0.1, 0.15) is 38.7 Å². The molecule has 1 amide bonds. The zero-order valence-corrected chi connectivity index (χ0v) is 15.2. The summed E-state index contributed by atoms with van der Waals surface area (Å²) < 4.78 is 26.8. The Hall–Kier alpha value is -1.93. The number of carboxylic acid groups (broad SMARTS) is 1. The average molecular weight is 368 g/mol. The van der Waals surface area contributed by atoms with Gasteiger partial charge < -0.3 is 10.4 Å². The molecule has 0 aliphatic heterocycles. The predicted molar refractivity (Wildman–Crippen MR) is 92.5 cm³/mol. The second kappa shape index (κ2) is 7.97. The topological polar surface area (TPSA) is 113 Å². The fraction of sp³-hybridized carbons (Fsp3) is 0.529. The number of aliphatic carboxylic acids is 1. The maximum Gasteiger partial charge on any atom is 0.326 e. The van der Waals surface area contributed by atoms with E-state index >= 15 is 0 Å². The van der Waals surface area contributed by atoms with Gasteiger partial charge in [0.2, 0.25) is 15.9 Å². The Balaban J connectivity index is 1.88. The van der Waals surface area contributed by atoms with Gasteiger partial charge in [-0.2, -0.15) is 0 Å². The molecule has 138 valence electrons. The molecule has 25 heavy (non-hydrogen) atoms. The maximum absolute atomic E-state index is 12.1. The molecule has 0 aromatic heterocycles. The number of carbonyl (C=O) groups excluding carboxylic acids is 1. The van der Waals surface area contributed by atoms with E-state index in [0.717, 1.165) is 18.4 Å².